The predicted octanol–water partition coefficient (Wildman–Crippen LogP) is -0.680. The van der Waals surface area contributed by atoms with Crippen molar-refractivity contribution in [3.05, 3.63) is 17.7 Å². The van der Waals surface area contributed by atoms with Gasteiger partial charge in [0.05, 0.1) is 24.5 Å². The van der Waals surface area contributed by atoms with Gasteiger partial charge >= 0.3 is 0 Å². The van der Waals surface area contributed by atoms with Gasteiger partial charge in [0.25, 0.3) is 5.91 Å². The fourth-order valence-electron chi connectivity index (χ4n) is 2.66. The first-order valence-electron chi connectivity index (χ1n) is 7.87. The van der Waals surface area contributed by atoms with Crippen LogP contribution in [0, 0.1) is 5.92 Å². The zero-order chi connectivity index (χ0) is 16.7. The Morgan fingerprint density at radius 3 is 3.00 bits per heavy atom. The summed E-state index contributed by atoms with van der Waals surface area (Å²) < 4.78 is 6.80. The van der Waals surface area contributed by atoms with Crippen LogP contribution in [-0.4, -0.2) is 59.9 Å². The second-order valence-electron chi connectivity index (χ2n) is 5.54. The first-order valence-corrected chi connectivity index (χ1v) is 7.87. The zero-order valence-corrected chi connectivity index (χ0v) is 13.4. The molecule has 0 aromatic carbocycles. The van der Waals surface area contributed by atoms with Gasteiger partial charge in [0, 0.05) is 33.4 Å². The van der Waals surface area contributed by atoms with Crippen LogP contribution in [0.5, 0.6) is 0 Å². The van der Waals surface area contributed by atoms with Crippen LogP contribution < -0.4 is 10.6 Å². The van der Waals surface area contributed by atoms with Gasteiger partial charge < -0.3 is 25.0 Å². The average molecular weight is 324 g/mol. The minimum atomic E-state index is -0.227. The molecule has 0 saturated heterocycles. The normalized spacial score (nSPS) is 16.7. The maximum atomic E-state index is 12.1. The van der Waals surface area contributed by atoms with E-state index in [2.05, 4.69) is 15.6 Å². The lowest BCUT2D eigenvalue weighted by atomic mass is 9.96. The number of aromatic nitrogens is 2. The van der Waals surface area contributed by atoms with E-state index < -0.39 is 0 Å². The van der Waals surface area contributed by atoms with Crippen molar-refractivity contribution in [3.63, 3.8) is 0 Å². The van der Waals surface area contributed by atoms with Crippen molar-refractivity contribution in [1.82, 2.24) is 20.2 Å². The molecule has 0 bridgehead atoms. The van der Waals surface area contributed by atoms with E-state index in [4.69, 9.17) is 9.84 Å². The van der Waals surface area contributed by atoms with E-state index in [1.807, 2.05) is 4.57 Å². The van der Waals surface area contributed by atoms with E-state index in [0.29, 0.717) is 51.2 Å². The number of fused-ring (bicyclic) bond motifs is 1. The third-order valence-electron chi connectivity index (χ3n) is 3.90. The molecule has 1 aliphatic heterocycles. The van der Waals surface area contributed by atoms with Crippen LogP contribution >= 0.6 is 0 Å². The van der Waals surface area contributed by atoms with Gasteiger partial charge in [0.15, 0.2) is 0 Å². The number of methoxy groups -OCH3 is 1. The summed E-state index contributed by atoms with van der Waals surface area (Å²) >= 11 is 0. The Morgan fingerprint density at radius 2 is 2.26 bits per heavy atom. The second kappa shape index (κ2) is 8.64. The van der Waals surface area contributed by atoms with Crippen LogP contribution in [0.2, 0.25) is 0 Å². The van der Waals surface area contributed by atoms with Gasteiger partial charge in [-0.15, -0.1) is 0 Å². The smallest absolute Gasteiger partial charge is 0.271 e. The number of hydrogen-bond acceptors (Lipinski definition) is 5. The van der Waals surface area contributed by atoms with Crippen molar-refractivity contribution in [1.29, 1.82) is 0 Å². The molecule has 2 heterocycles. The van der Waals surface area contributed by atoms with Gasteiger partial charge in [-0.3, -0.25) is 9.59 Å². The van der Waals surface area contributed by atoms with E-state index in [9.17, 15) is 9.59 Å². The molecule has 0 aliphatic carbocycles. The molecule has 8 nitrogen and oxygen atoms in total. The lowest BCUT2D eigenvalue weighted by Crippen LogP contribution is -2.37. The van der Waals surface area contributed by atoms with E-state index >= 15 is 0 Å². The number of amides is 2. The third kappa shape index (κ3) is 4.52. The highest BCUT2D eigenvalue weighted by Gasteiger charge is 2.28. The quantitative estimate of drug-likeness (QED) is 0.550. The Bertz CT molecular complexity index is 544. The van der Waals surface area contributed by atoms with Crippen LogP contribution in [-0.2, 0) is 22.5 Å². The lowest BCUT2D eigenvalue weighted by Gasteiger charge is -2.23. The molecule has 23 heavy (non-hydrogen) atoms. The fraction of sp³-hybridized carbons (Fsp3) is 0.667. The molecule has 1 aromatic rings. The Labute approximate surface area is 135 Å². The summed E-state index contributed by atoms with van der Waals surface area (Å²) in [6.45, 7) is 1.99. The molecular formula is C15H24N4O4. The number of carbonyl (C=O) groups is 2. The minimum Gasteiger partial charge on any atom is -0.396 e. The molecule has 0 radical (unpaired) electrons. The number of nitrogens with one attached hydrogen (secondary N) is 2. The molecule has 2 rings (SSSR count). The van der Waals surface area contributed by atoms with Gasteiger partial charge in [-0.1, -0.05) is 0 Å². The van der Waals surface area contributed by atoms with E-state index in [1.165, 1.54) is 0 Å². The van der Waals surface area contributed by atoms with E-state index in [1.54, 1.807) is 13.4 Å². The SMILES string of the molecule is COCCNC(=O)C1CCc2c(C(=O)NCCCO)ncn2C1. The maximum absolute atomic E-state index is 12.1. The van der Waals surface area contributed by atoms with E-state index in [0.717, 1.165) is 5.69 Å². The number of aliphatic hydroxyl groups is 1. The first-order chi connectivity index (χ1) is 11.2. The molecule has 0 fully saturated rings. The maximum Gasteiger partial charge on any atom is 0.271 e. The standard InChI is InChI=1S/C15H24N4O4/c1-23-8-6-17-14(21)11-3-4-12-13(18-10-19(12)9-11)15(22)16-5-2-7-20/h10-11,20H,2-9H2,1H3,(H,16,22)(H,17,21). The summed E-state index contributed by atoms with van der Waals surface area (Å²) in [4.78, 5) is 28.4. The van der Waals surface area contributed by atoms with Crippen molar-refractivity contribution < 1.29 is 19.4 Å². The highest BCUT2D eigenvalue weighted by atomic mass is 16.5. The van der Waals surface area contributed by atoms with Crippen molar-refractivity contribution in [2.45, 2.75) is 25.8 Å². The van der Waals surface area contributed by atoms with Crippen LogP contribution in [0.4, 0.5) is 0 Å². The summed E-state index contributed by atoms with van der Waals surface area (Å²) in [5.41, 5.74) is 1.29. The topological polar surface area (TPSA) is 105 Å². The molecular weight excluding hydrogens is 300 g/mol. The van der Waals surface area contributed by atoms with E-state index in [-0.39, 0.29) is 24.3 Å². The monoisotopic (exact) mass is 324 g/mol. The van der Waals surface area contributed by atoms with Crippen LogP contribution in [0.25, 0.3) is 0 Å². The number of aliphatic hydroxyl groups excluding tert-OH is 1. The molecule has 0 spiro atoms. The zero-order valence-electron chi connectivity index (χ0n) is 13.4. The number of hydrogen-bond donors (Lipinski definition) is 3. The Balaban J connectivity index is 1.93. The second-order valence-corrected chi connectivity index (χ2v) is 5.54. The van der Waals surface area contributed by atoms with Gasteiger partial charge in [-0.2, -0.15) is 0 Å². The fourth-order valence-corrected chi connectivity index (χ4v) is 2.66. The van der Waals surface area contributed by atoms with Crippen molar-refractivity contribution in [3.8, 4) is 0 Å². The van der Waals surface area contributed by atoms with Gasteiger partial charge in [-0.05, 0) is 19.3 Å². The molecule has 1 atom stereocenters. The van der Waals surface area contributed by atoms with Crippen LogP contribution in [0.1, 0.15) is 29.0 Å². The molecule has 2 amide bonds. The Hall–Kier alpha value is -1.93. The summed E-state index contributed by atoms with van der Waals surface area (Å²) in [5, 5.41) is 14.3. The molecule has 3 N–H and O–H groups in total. The van der Waals surface area contributed by atoms with Crippen molar-refractivity contribution in [2.75, 3.05) is 33.4 Å². The molecule has 1 aromatic heterocycles. The highest BCUT2D eigenvalue weighted by Crippen LogP contribution is 2.22. The number of nitrogens with zero attached hydrogens (tertiary/aromatic N) is 2. The van der Waals surface area contributed by atoms with Crippen LogP contribution in [0.15, 0.2) is 6.33 Å². The van der Waals surface area contributed by atoms with Crippen LogP contribution in [0.3, 0.4) is 0 Å². The third-order valence-corrected chi connectivity index (χ3v) is 3.90. The predicted molar refractivity (Wildman–Crippen MR) is 83.0 cm³/mol. The molecule has 1 aliphatic rings. The summed E-state index contributed by atoms with van der Waals surface area (Å²) in [7, 11) is 1.59. The number of rotatable bonds is 8. The molecule has 128 valence electrons. The molecule has 1 unspecified atom stereocenters. The minimum absolute atomic E-state index is 0.00958. The molecule has 0 saturated carbocycles. The average Bonchev–Trinajstić information content (AvgIpc) is 2.98. The first kappa shape index (κ1) is 17.4. The highest BCUT2D eigenvalue weighted by molar-refractivity contribution is 5.93. The number of ether oxygens (including phenoxy) is 1. The largest absolute Gasteiger partial charge is 0.396 e. The Morgan fingerprint density at radius 1 is 1.43 bits per heavy atom. The summed E-state index contributed by atoms with van der Waals surface area (Å²) in [6, 6.07) is 0. The van der Waals surface area contributed by atoms with Gasteiger partial charge in [0.1, 0.15) is 5.69 Å². The Kier molecular flexibility index (Phi) is 6.54. The summed E-state index contributed by atoms with van der Waals surface area (Å²) in [5.74, 6) is -0.329. The summed E-state index contributed by atoms with van der Waals surface area (Å²) in [6.07, 6.45) is 3.48. The van der Waals surface area contributed by atoms with Crippen molar-refractivity contribution >= 4 is 11.8 Å². The van der Waals surface area contributed by atoms with Gasteiger partial charge in [0.2, 0.25) is 5.91 Å². The number of imidazole rings is 1. The van der Waals surface area contributed by atoms with Crippen molar-refractivity contribution in [2.24, 2.45) is 5.92 Å². The number of carbonyl (C=O) groups excluding carboxylic acids is 2. The lowest BCUT2D eigenvalue weighted by molar-refractivity contribution is -0.126. The molecule has 8 heteroatoms. The van der Waals surface area contributed by atoms with Gasteiger partial charge in [-0.25, -0.2) is 4.98 Å².